The molecular formula is C15H13ClF3NO2. The predicted molar refractivity (Wildman–Crippen MR) is 76.1 cm³/mol. The topological polar surface area (TPSA) is 61.1 Å². The first-order chi connectivity index (χ1) is 9.89. The van der Waals surface area contributed by atoms with Gasteiger partial charge in [0.25, 0.3) is 0 Å². The van der Waals surface area contributed by atoms with Crippen molar-refractivity contribution in [3.8, 4) is 6.07 Å². The highest BCUT2D eigenvalue weighted by Crippen LogP contribution is 2.37. The van der Waals surface area contributed by atoms with Crippen molar-refractivity contribution < 1.29 is 23.1 Å². The monoisotopic (exact) mass is 331 g/mol. The maximum absolute atomic E-state index is 13.0. The van der Waals surface area contributed by atoms with E-state index in [2.05, 4.69) is 0 Å². The Hall–Kier alpha value is -2.00. The van der Waals surface area contributed by atoms with Gasteiger partial charge in [0.05, 0.1) is 5.56 Å². The van der Waals surface area contributed by atoms with Gasteiger partial charge in [0.1, 0.15) is 17.4 Å². The van der Waals surface area contributed by atoms with E-state index in [1.807, 2.05) is 0 Å². The van der Waals surface area contributed by atoms with Gasteiger partial charge in [-0.2, -0.15) is 18.4 Å². The van der Waals surface area contributed by atoms with Crippen LogP contribution in [0.3, 0.4) is 0 Å². The lowest BCUT2D eigenvalue weighted by molar-refractivity contribution is -0.138. The molecule has 1 N–H and O–H groups in total. The molecule has 22 heavy (non-hydrogen) atoms. The molecule has 1 rings (SSSR count). The molecule has 0 heterocycles. The number of aliphatic hydroxyl groups is 1. The van der Waals surface area contributed by atoms with Crippen LogP contribution in [0, 0.1) is 16.7 Å². The molecule has 7 heteroatoms. The SMILES string of the molecule is CC(C)(C)C(=O)/C(C#N)=C(\O)c1ccc(Cl)cc1C(F)(F)F. The lowest BCUT2D eigenvalue weighted by Crippen LogP contribution is -2.23. The molecule has 3 nitrogen and oxygen atoms in total. The van der Waals surface area contributed by atoms with Crippen molar-refractivity contribution in [2.45, 2.75) is 26.9 Å². The Morgan fingerprint density at radius 2 is 1.82 bits per heavy atom. The van der Waals surface area contributed by atoms with Gasteiger partial charge in [-0.15, -0.1) is 0 Å². The number of halogens is 4. The Kier molecular flexibility index (Phi) is 4.93. The van der Waals surface area contributed by atoms with Gasteiger partial charge in [-0.3, -0.25) is 4.79 Å². The number of benzene rings is 1. The molecule has 0 saturated carbocycles. The average Bonchev–Trinajstić information content (AvgIpc) is 2.37. The first-order valence-corrected chi connectivity index (χ1v) is 6.52. The molecule has 118 valence electrons. The van der Waals surface area contributed by atoms with Crippen LogP contribution in [0.2, 0.25) is 5.02 Å². The summed E-state index contributed by atoms with van der Waals surface area (Å²) in [7, 11) is 0. The number of carbonyl (C=O) groups is 1. The summed E-state index contributed by atoms with van der Waals surface area (Å²) in [4.78, 5) is 12.1. The van der Waals surface area contributed by atoms with E-state index in [0.29, 0.717) is 6.07 Å². The fourth-order valence-corrected chi connectivity index (χ4v) is 1.85. The third kappa shape index (κ3) is 3.80. The van der Waals surface area contributed by atoms with Crippen molar-refractivity contribution >= 4 is 23.1 Å². The van der Waals surface area contributed by atoms with E-state index in [1.165, 1.54) is 26.8 Å². The molecule has 0 aliphatic rings. The summed E-state index contributed by atoms with van der Waals surface area (Å²) >= 11 is 5.55. The predicted octanol–water partition coefficient (Wildman–Crippen LogP) is 4.77. The summed E-state index contributed by atoms with van der Waals surface area (Å²) in [6, 6.07) is 4.17. The molecule has 1 aromatic carbocycles. The van der Waals surface area contributed by atoms with Crippen molar-refractivity contribution in [1.82, 2.24) is 0 Å². The van der Waals surface area contributed by atoms with Crippen LogP contribution in [0.25, 0.3) is 5.76 Å². The highest BCUT2D eigenvalue weighted by Gasteiger charge is 2.36. The number of hydrogen-bond acceptors (Lipinski definition) is 3. The Balaban J connectivity index is 3.64. The van der Waals surface area contributed by atoms with Crippen LogP contribution in [0.5, 0.6) is 0 Å². The maximum Gasteiger partial charge on any atom is 0.417 e. The lowest BCUT2D eigenvalue weighted by Gasteiger charge is -2.18. The summed E-state index contributed by atoms with van der Waals surface area (Å²) in [5.41, 5.74) is -3.62. The molecule has 0 atom stereocenters. The zero-order valence-electron chi connectivity index (χ0n) is 12.0. The third-order valence-electron chi connectivity index (χ3n) is 2.80. The molecule has 0 saturated heterocycles. The molecule has 1 aromatic rings. The van der Waals surface area contributed by atoms with Gasteiger partial charge in [0, 0.05) is 16.0 Å². The van der Waals surface area contributed by atoms with Crippen molar-refractivity contribution in [2.24, 2.45) is 5.41 Å². The quantitative estimate of drug-likeness (QED) is 0.482. The van der Waals surface area contributed by atoms with Gasteiger partial charge in [-0.25, -0.2) is 0 Å². The summed E-state index contributed by atoms with van der Waals surface area (Å²) in [5.74, 6) is -1.76. The average molecular weight is 332 g/mol. The molecule has 0 bridgehead atoms. The molecule has 0 amide bonds. The molecule has 0 unspecified atom stereocenters. The van der Waals surface area contributed by atoms with Crippen molar-refractivity contribution in [1.29, 1.82) is 5.26 Å². The molecule has 0 aromatic heterocycles. The normalized spacial score (nSPS) is 13.4. The fourth-order valence-electron chi connectivity index (χ4n) is 1.68. The first-order valence-electron chi connectivity index (χ1n) is 6.15. The Bertz CT molecular complexity index is 679. The second kappa shape index (κ2) is 6.01. The summed E-state index contributed by atoms with van der Waals surface area (Å²) in [6.45, 7) is 4.48. The molecular weight excluding hydrogens is 319 g/mol. The van der Waals surface area contributed by atoms with Crippen LogP contribution < -0.4 is 0 Å². The van der Waals surface area contributed by atoms with Crippen LogP contribution in [0.4, 0.5) is 13.2 Å². The number of alkyl halides is 3. The van der Waals surface area contributed by atoms with Crippen LogP contribution in [0.1, 0.15) is 31.9 Å². The summed E-state index contributed by atoms with van der Waals surface area (Å²) in [6.07, 6.45) is -4.79. The molecule has 0 fully saturated rings. The fraction of sp³-hybridized carbons (Fsp3) is 0.333. The molecule has 0 aliphatic heterocycles. The minimum absolute atomic E-state index is 0.176. The van der Waals surface area contributed by atoms with E-state index < -0.39 is 39.8 Å². The van der Waals surface area contributed by atoms with Crippen LogP contribution in [0.15, 0.2) is 23.8 Å². The Morgan fingerprint density at radius 3 is 2.23 bits per heavy atom. The second-order valence-corrected chi connectivity index (χ2v) is 6.04. The van der Waals surface area contributed by atoms with E-state index in [1.54, 1.807) is 0 Å². The number of allylic oxidation sites excluding steroid dienone is 1. The van der Waals surface area contributed by atoms with Crippen LogP contribution >= 0.6 is 11.6 Å². The van der Waals surface area contributed by atoms with Gasteiger partial charge in [0.15, 0.2) is 5.78 Å². The number of nitrogens with zero attached hydrogens (tertiary/aromatic N) is 1. The minimum Gasteiger partial charge on any atom is -0.506 e. The number of carbonyl (C=O) groups excluding carboxylic acids is 1. The number of nitriles is 1. The first kappa shape index (κ1) is 18.1. The second-order valence-electron chi connectivity index (χ2n) is 5.60. The number of Topliss-reactive ketones (excluding diaryl/α,β-unsaturated/α-hetero) is 1. The highest BCUT2D eigenvalue weighted by atomic mass is 35.5. The number of hydrogen-bond donors (Lipinski definition) is 1. The van der Waals surface area contributed by atoms with E-state index in [-0.39, 0.29) is 5.02 Å². The number of aliphatic hydroxyl groups excluding tert-OH is 1. The van der Waals surface area contributed by atoms with Crippen molar-refractivity contribution in [3.05, 3.63) is 39.9 Å². The van der Waals surface area contributed by atoms with Gasteiger partial charge in [-0.1, -0.05) is 32.4 Å². The number of rotatable bonds is 2. The number of ketones is 1. The molecule has 0 radical (unpaired) electrons. The van der Waals surface area contributed by atoms with E-state index >= 15 is 0 Å². The summed E-state index contributed by atoms with van der Waals surface area (Å²) < 4.78 is 39.1. The van der Waals surface area contributed by atoms with E-state index in [4.69, 9.17) is 16.9 Å². The van der Waals surface area contributed by atoms with Crippen molar-refractivity contribution in [2.75, 3.05) is 0 Å². The third-order valence-corrected chi connectivity index (χ3v) is 3.03. The standard InChI is InChI=1S/C15H13ClF3NO2/c1-14(2,3)13(22)10(7-20)12(21)9-5-4-8(16)6-11(9)15(17,18)19/h4-6,21H,1-3H3/b12-10-. The van der Waals surface area contributed by atoms with Gasteiger partial charge < -0.3 is 5.11 Å². The largest absolute Gasteiger partial charge is 0.506 e. The van der Waals surface area contributed by atoms with E-state index in [9.17, 15) is 23.1 Å². The Morgan fingerprint density at radius 1 is 1.27 bits per heavy atom. The van der Waals surface area contributed by atoms with Crippen LogP contribution in [-0.4, -0.2) is 10.9 Å². The highest BCUT2D eigenvalue weighted by molar-refractivity contribution is 6.30. The summed E-state index contributed by atoms with van der Waals surface area (Å²) in [5, 5.41) is 18.9. The maximum atomic E-state index is 13.0. The van der Waals surface area contributed by atoms with Gasteiger partial charge >= 0.3 is 6.18 Å². The van der Waals surface area contributed by atoms with Crippen LogP contribution in [-0.2, 0) is 11.0 Å². The van der Waals surface area contributed by atoms with Crippen molar-refractivity contribution in [3.63, 3.8) is 0 Å². The van der Waals surface area contributed by atoms with E-state index in [0.717, 1.165) is 12.1 Å². The zero-order valence-corrected chi connectivity index (χ0v) is 12.8. The van der Waals surface area contributed by atoms with Gasteiger partial charge in [-0.05, 0) is 18.2 Å². The molecule has 0 spiro atoms. The van der Waals surface area contributed by atoms with Gasteiger partial charge in [0.2, 0.25) is 0 Å². The Labute approximate surface area is 130 Å². The molecule has 0 aliphatic carbocycles. The zero-order chi connectivity index (χ0) is 17.3. The minimum atomic E-state index is -4.79. The lowest BCUT2D eigenvalue weighted by atomic mass is 9.85. The smallest absolute Gasteiger partial charge is 0.417 e.